The van der Waals surface area contributed by atoms with E-state index in [4.69, 9.17) is 9.47 Å². The van der Waals surface area contributed by atoms with E-state index < -0.39 is 17.4 Å². The first-order valence-corrected chi connectivity index (χ1v) is 11.5. The molecule has 192 valence electrons. The van der Waals surface area contributed by atoms with Gasteiger partial charge in [0.25, 0.3) is 0 Å². The zero-order chi connectivity index (χ0) is 26.9. The molecule has 2 aromatic heterocycles. The number of aromatic nitrogens is 3. The molecule has 0 radical (unpaired) electrons. The van der Waals surface area contributed by atoms with Crippen LogP contribution in [0, 0.1) is 17.1 Å². The number of hydrogen-bond acceptors (Lipinski definition) is 6. The number of alkyl halides is 3. The van der Waals surface area contributed by atoms with Gasteiger partial charge in [0.1, 0.15) is 17.6 Å². The topological polar surface area (TPSA) is 90.0 Å². The van der Waals surface area contributed by atoms with Gasteiger partial charge in [-0.3, -0.25) is 4.57 Å². The lowest BCUT2D eigenvalue weighted by Gasteiger charge is -2.21. The summed E-state index contributed by atoms with van der Waals surface area (Å²) in [6.45, 7) is 0.545. The molecule has 2 aromatic carbocycles. The van der Waals surface area contributed by atoms with Crippen LogP contribution in [-0.4, -0.2) is 21.1 Å². The second-order valence-electron chi connectivity index (χ2n) is 8.49. The molecule has 38 heavy (non-hydrogen) atoms. The predicted molar refractivity (Wildman–Crippen MR) is 127 cm³/mol. The number of nitriles is 1. The maximum atomic E-state index is 13.6. The molecule has 0 spiro atoms. The van der Waals surface area contributed by atoms with E-state index in [0.717, 1.165) is 28.8 Å². The van der Waals surface area contributed by atoms with Crippen molar-refractivity contribution in [2.75, 3.05) is 6.61 Å². The van der Waals surface area contributed by atoms with Crippen LogP contribution in [0.5, 0.6) is 17.5 Å². The Bertz CT molecular complexity index is 1610. The molecule has 5 rings (SSSR count). The van der Waals surface area contributed by atoms with E-state index in [9.17, 15) is 27.6 Å². The maximum absolute atomic E-state index is 13.6. The number of rotatable bonds is 6. The molecule has 0 amide bonds. The van der Waals surface area contributed by atoms with Crippen LogP contribution in [0.3, 0.4) is 0 Å². The van der Waals surface area contributed by atoms with Crippen LogP contribution >= 0.6 is 0 Å². The Hall–Kier alpha value is -4.72. The first-order valence-electron chi connectivity index (χ1n) is 11.5. The van der Waals surface area contributed by atoms with E-state index in [1.54, 1.807) is 24.3 Å². The third kappa shape index (κ3) is 5.20. The number of hydrogen-bond donors (Lipinski definition) is 0. The molecule has 0 saturated carbocycles. The fourth-order valence-electron chi connectivity index (χ4n) is 4.15. The van der Waals surface area contributed by atoms with E-state index in [-0.39, 0.29) is 35.5 Å². The summed E-state index contributed by atoms with van der Waals surface area (Å²) in [6.07, 6.45) is -2.96. The molecule has 0 bridgehead atoms. The van der Waals surface area contributed by atoms with Crippen LogP contribution < -0.4 is 15.2 Å². The molecule has 0 aliphatic carbocycles. The van der Waals surface area contributed by atoms with Crippen molar-refractivity contribution in [2.45, 2.75) is 25.6 Å². The fraction of sp³-hybridized carbons (Fsp3) is 0.185. The number of pyridine rings is 1. The maximum Gasteiger partial charge on any atom is 0.417 e. The van der Waals surface area contributed by atoms with E-state index in [2.05, 4.69) is 9.97 Å². The van der Waals surface area contributed by atoms with Gasteiger partial charge in [0.2, 0.25) is 11.8 Å². The van der Waals surface area contributed by atoms with Crippen molar-refractivity contribution in [3.63, 3.8) is 0 Å². The molecule has 11 heteroatoms. The highest BCUT2D eigenvalue weighted by Gasteiger charge is 2.30. The number of benzene rings is 2. The SMILES string of the molecule is N#Cc1cc(CCOc2cc3n(c(=O)n2)CCc2cc(F)ccc2-3)ccc1Oc1ccc(C(F)(F)F)cn1. The molecule has 1 aliphatic heterocycles. The second-order valence-corrected chi connectivity index (χ2v) is 8.49. The number of fused-ring (bicyclic) bond motifs is 3. The van der Waals surface area contributed by atoms with Crippen molar-refractivity contribution in [3.05, 3.63) is 99.3 Å². The Morgan fingerprint density at radius 2 is 1.89 bits per heavy atom. The summed E-state index contributed by atoms with van der Waals surface area (Å²) in [5.74, 6) is -0.148. The van der Waals surface area contributed by atoms with Gasteiger partial charge in [0.05, 0.1) is 23.4 Å². The lowest BCUT2D eigenvalue weighted by Crippen LogP contribution is -2.28. The summed E-state index contributed by atoms with van der Waals surface area (Å²) in [4.78, 5) is 20.2. The number of ether oxygens (including phenoxy) is 2. The van der Waals surface area contributed by atoms with Gasteiger partial charge in [0.15, 0.2) is 0 Å². The first-order chi connectivity index (χ1) is 18.2. The molecule has 4 aromatic rings. The molecular formula is C27H18F4N4O3. The van der Waals surface area contributed by atoms with Gasteiger partial charge >= 0.3 is 11.9 Å². The molecule has 0 unspecified atom stereocenters. The zero-order valence-corrected chi connectivity index (χ0v) is 19.6. The van der Waals surface area contributed by atoms with Crippen LogP contribution in [0.4, 0.5) is 17.6 Å². The summed E-state index contributed by atoms with van der Waals surface area (Å²) < 4.78 is 64.5. The molecule has 0 saturated heterocycles. The van der Waals surface area contributed by atoms with Gasteiger partial charge in [-0.2, -0.15) is 23.4 Å². The third-order valence-electron chi connectivity index (χ3n) is 6.02. The standard InChI is InChI=1S/C27H18F4N4O3/c28-20-3-4-21-17(12-20)7-9-35-22(21)13-25(34-26(35)36)37-10-8-16-1-5-23(18(11-16)14-32)38-24-6-2-19(15-33-24)27(29,30)31/h1-6,11-13,15H,7-10H2. The number of nitrogens with zero attached hydrogens (tertiary/aromatic N) is 4. The van der Waals surface area contributed by atoms with Crippen molar-refractivity contribution in [2.24, 2.45) is 0 Å². The average molecular weight is 522 g/mol. The number of aryl methyl sites for hydroxylation is 1. The molecule has 0 atom stereocenters. The quantitative estimate of drug-likeness (QED) is 0.319. The minimum absolute atomic E-state index is 0.0836. The van der Waals surface area contributed by atoms with Crippen molar-refractivity contribution in [1.82, 2.24) is 14.5 Å². The largest absolute Gasteiger partial charge is 0.477 e. The van der Waals surface area contributed by atoms with Gasteiger partial charge in [-0.15, -0.1) is 0 Å². The van der Waals surface area contributed by atoms with Crippen LogP contribution in [0.1, 0.15) is 22.3 Å². The lowest BCUT2D eigenvalue weighted by molar-refractivity contribution is -0.137. The van der Waals surface area contributed by atoms with Crippen molar-refractivity contribution in [3.8, 4) is 34.8 Å². The third-order valence-corrected chi connectivity index (χ3v) is 6.02. The van der Waals surface area contributed by atoms with Gasteiger partial charge < -0.3 is 9.47 Å². The van der Waals surface area contributed by atoms with Gasteiger partial charge in [-0.25, -0.2) is 14.2 Å². The number of halogens is 4. The van der Waals surface area contributed by atoms with E-state index >= 15 is 0 Å². The fourth-order valence-corrected chi connectivity index (χ4v) is 4.15. The summed E-state index contributed by atoms with van der Waals surface area (Å²) in [6, 6.07) is 14.8. The Labute approximate surface area is 213 Å². The molecule has 3 heterocycles. The van der Waals surface area contributed by atoms with Crippen LogP contribution in [0.2, 0.25) is 0 Å². The van der Waals surface area contributed by atoms with Crippen molar-refractivity contribution < 1.29 is 27.0 Å². The highest BCUT2D eigenvalue weighted by Crippen LogP contribution is 2.32. The zero-order valence-electron chi connectivity index (χ0n) is 19.6. The monoisotopic (exact) mass is 522 g/mol. The first kappa shape index (κ1) is 25.0. The highest BCUT2D eigenvalue weighted by atomic mass is 19.4. The minimum Gasteiger partial charge on any atom is -0.477 e. The Kier molecular flexibility index (Phi) is 6.55. The minimum atomic E-state index is -4.51. The Balaban J connectivity index is 1.27. The summed E-state index contributed by atoms with van der Waals surface area (Å²) >= 11 is 0. The van der Waals surface area contributed by atoms with Gasteiger partial charge in [0, 0.05) is 36.9 Å². The van der Waals surface area contributed by atoms with Crippen LogP contribution in [0.15, 0.2) is 65.6 Å². The van der Waals surface area contributed by atoms with E-state index in [1.807, 2.05) is 6.07 Å². The van der Waals surface area contributed by atoms with E-state index in [0.29, 0.717) is 31.3 Å². The predicted octanol–water partition coefficient (Wildman–Crippen LogP) is 5.30. The molecule has 0 fully saturated rings. The Morgan fingerprint density at radius 1 is 1.05 bits per heavy atom. The normalized spacial score (nSPS) is 12.3. The molecular weight excluding hydrogens is 504 g/mol. The highest BCUT2D eigenvalue weighted by molar-refractivity contribution is 5.66. The summed E-state index contributed by atoms with van der Waals surface area (Å²) in [5.41, 5.74) is 1.68. The van der Waals surface area contributed by atoms with Crippen molar-refractivity contribution in [1.29, 1.82) is 5.26 Å². The second kappa shape index (κ2) is 9.97. The van der Waals surface area contributed by atoms with Crippen LogP contribution in [0.25, 0.3) is 11.3 Å². The summed E-state index contributed by atoms with van der Waals surface area (Å²) in [5, 5.41) is 9.51. The summed E-state index contributed by atoms with van der Waals surface area (Å²) in [7, 11) is 0. The van der Waals surface area contributed by atoms with Crippen LogP contribution in [-0.2, 0) is 25.6 Å². The lowest BCUT2D eigenvalue weighted by atomic mass is 9.98. The average Bonchev–Trinajstić information content (AvgIpc) is 2.89. The van der Waals surface area contributed by atoms with E-state index in [1.165, 1.54) is 22.8 Å². The van der Waals surface area contributed by atoms with Gasteiger partial charge in [-0.1, -0.05) is 6.07 Å². The van der Waals surface area contributed by atoms with Crippen molar-refractivity contribution >= 4 is 0 Å². The smallest absolute Gasteiger partial charge is 0.417 e. The molecule has 7 nitrogen and oxygen atoms in total. The molecule has 1 aliphatic rings. The molecule has 0 N–H and O–H groups in total. The van der Waals surface area contributed by atoms with Gasteiger partial charge in [-0.05, 0) is 53.9 Å². The Morgan fingerprint density at radius 3 is 2.63 bits per heavy atom.